The summed E-state index contributed by atoms with van der Waals surface area (Å²) in [5, 5.41) is 20.0. The van der Waals surface area contributed by atoms with Crippen molar-refractivity contribution in [2.45, 2.75) is 96.1 Å². The van der Waals surface area contributed by atoms with E-state index in [1.165, 1.54) is 0 Å². The molecule has 0 aliphatic carbocycles. The van der Waals surface area contributed by atoms with Crippen LogP contribution in [-0.2, 0) is 13.9 Å². The lowest BCUT2D eigenvalue weighted by molar-refractivity contribution is -0.158. The van der Waals surface area contributed by atoms with Gasteiger partial charge >= 0.3 is 0 Å². The van der Waals surface area contributed by atoms with Gasteiger partial charge in [0.2, 0.25) is 0 Å². The second-order valence-corrected chi connectivity index (χ2v) is 13.5. The highest BCUT2D eigenvalue weighted by atomic mass is 28.4. The van der Waals surface area contributed by atoms with Crippen LogP contribution in [0.25, 0.3) is 0 Å². The molecule has 0 radical (unpaired) electrons. The Bertz CT molecular complexity index is 348. The molecule has 138 valence electrons. The van der Waals surface area contributed by atoms with E-state index in [4.69, 9.17) is 13.9 Å². The van der Waals surface area contributed by atoms with E-state index in [-0.39, 0.29) is 13.2 Å². The van der Waals surface area contributed by atoms with Gasteiger partial charge in [-0.3, -0.25) is 0 Å². The number of aliphatic hydroxyl groups excluding tert-OH is 2. The SMILES string of the molecule is CC(C)[Si](OC[C@@H](O)[C@H]1OC(C)(C)OC1CO)(C(C)C)C(C)C. The Morgan fingerprint density at radius 1 is 1.00 bits per heavy atom. The first-order chi connectivity index (χ1) is 10.5. The minimum atomic E-state index is -2.03. The fraction of sp³-hybridized carbons (Fsp3) is 1.00. The van der Waals surface area contributed by atoms with Crippen LogP contribution in [0, 0.1) is 0 Å². The summed E-state index contributed by atoms with van der Waals surface area (Å²) >= 11 is 0. The molecule has 0 aromatic rings. The fourth-order valence-corrected chi connectivity index (χ4v) is 9.61. The summed E-state index contributed by atoms with van der Waals surface area (Å²) in [6.07, 6.45) is -1.89. The molecule has 0 aromatic carbocycles. The van der Waals surface area contributed by atoms with Crippen LogP contribution in [0.1, 0.15) is 55.4 Å². The molecule has 0 bridgehead atoms. The Morgan fingerprint density at radius 2 is 1.48 bits per heavy atom. The van der Waals surface area contributed by atoms with E-state index in [0.717, 1.165) is 0 Å². The first kappa shape index (κ1) is 21.1. The maximum atomic E-state index is 10.6. The van der Waals surface area contributed by atoms with Crippen molar-refractivity contribution in [3.8, 4) is 0 Å². The van der Waals surface area contributed by atoms with E-state index in [0.29, 0.717) is 16.6 Å². The number of ether oxygens (including phenoxy) is 2. The minimum absolute atomic E-state index is 0.174. The first-order valence-electron chi connectivity index (χ1n) is 8.76. The summed E-state index contributed by atoms with van der Waals surface area (Å²) in [7, 11) is -2.03. The molecule has 1 fully saturated rings. The normalized spacial score (nSPS) is 26.5. The highest BCUT2D eigenvalue weighted by Crippen LogP contribution is 2.42. The van der Waals surface area contributed by atoms with E-state index in [9.17, 15) is 10.2 Å². The van der Waals surface area contributed by atoms with Crippen molar-refractivity contribution in [2.75, 3.05) is 13.2 Å². The van der Waals surface area contributed by atoms with Gasteiger partial charge in [0.15, 0.2) is 14.1 Å². The molecule has 1 rings (SSSR count). The van der Waals surface area contributed by atoms with Gasteiger partial charge in [-0.2, -0.15) is 0 Å². The van der Waals surface area contributed by atoms with Gasteiger partial charge < -0.3 is 24.1 Å². The fourth-order valence-electron chi connectivity index (χ4n) is 4.16. The number of aliphatic hydroxyl groups is 2. The van der Waals surface area contributed by atoms with Gasteiger partial charge in [0.1, 0.15) is 18.3 Å². The third-order valence-corrected chi connectivity index (χ3v) is 11.1. The summed E-state index contributed by atoms with van der Waals surface area (Å²) in [5.41, 5.74) is 1.38. The highest BCUT2D eigenvalue weighted by Gasteiger charge is 2.48. The van der Waals surface area contributed by atoms with Gasteiger partial charge in [-0.1, -0.05) is 41.5 Å². The quantitative estimate of drug-likeness (QED) is 0.660. The van der Waals surface area contributed by atoms with Gasteiger partial charge in [0, 0.05) is 0 Å². The molecule has 1 saturated heterocycles. The van der Waals surface area contributed by atoms with Crippen molar-refractivity contribution in [2.24, 2.45) is 0 Å². The van der Waals surface area contributed by atoms with Crippen LogP contribution in [0.2, 0.25) is 16.6 Å². The monoisotopic (exact) mass is 348 g/mol. The van der Waals surface area contributed by atoms with Gasteiger partial charge in [0.25, 0.3) is 0 Å². The molecule has 0 amide bonds. The zero-order valence-corrected chi connectivity index (χ0v) is 17.0. The van der Waals surface area contributed by atoms with Gasteiger partial charge in [-0.05, 0) is 30.5 Å². The van der Waals surface area contributed by atoms with Crippen LogP contribution in [-0.4, -0.2) is 55.8 Å². The Labute approximate surface area is 142 Å². The van der Waals surface area contributed by atoms with Crippen molar-refractivity contribution < 1.29 is 24.1 Å². The van der Waals surface area contributed by atoms with Crippen LogP contribution < -0.4 is 0 Å². The van der Waals surface area contributed by atoms with E-state index in [2.05, 4.69) is 41.5 Å². The summed E-state index contributed by atoms with van der Waals surface area (Å²) in [6, 6.07) is 0. The highest BCUT2D eigenvalue weighted by molar-refractivity contribution is 6.77. The molecule has 1 aliphatic heterocycles. The van der Waals surface area contributed by atoms with Crippen LogP contribution in [0.4, 0.5) is 0 Å². The van der Waals surface area contributed by atoms with E-state index in [1.54, 1.807) is 13.8 Å². The van der Waals surface area contributed by atoms with Gasteiger partial charge in [0.05, 0.1) is 13.2 Å². The average molecular weight is 349 g/mol. The number of rotatable bonds is 8. The van der Waals surface area contributed by atoms with Crippen molar-refractivity contribution >= 4 is 8.32 Å². The molecule has 23 heavy (non-hydrogen) atoms. The molecule has 5 nitrogen and oxygen atoms in total. The molecule has 0 saturated carbocycles. The second kappa shape index (κ2) is 7.93. The van der Waals surface area contributed by atoms with Crippen molar-refractivity contribution in [3.05, 3.63) is 0 Å². The minimum Gasteiger partial charge on any atom is -0.413 e. The van der Waals surface area contributed by atoms with Crippen LogP contribution >= 0.6 is 0 Å². The topological polar surface area (TPSA) is 68.2 Å². The number of hydrogen-bond acceptors (Lipinski definition) is 5. The lowest BCUT2D eigenvalue weighted by Gasteiger charge is -2.43. The van der Waals surface area contributed by atoms with Crippen molar-refractivity contribution in [1.29, 1.82) is 0 Å². The van der Waals surface area contributed by atoms with Crippen LogP contribution in [0.5, 0.6) is 0 Å². The van der Waals surface area contributed by atoms with E-state index in [1.807, 2.05) is 0 Å². The van der Waals surface area contributed by atoms with Crippen molar-refractivity contribution in [1.82, 2.24) is 0 Å². The zero-order chi connectivity index (χ0) is 18.0. The third-order valence-electron chi connectivity index (χ3n) is 4.99. The molecule has 6 heteroatoms. The lowest BCUT2D eigenvalue weighted by Crippen LogP contribution is -2.51. The molecule has 0 spiro atoms. The van der Waals surface area contributed by atoms with E-state index < -0.39 is 32.4 Å². The molecule has 2 N–H and O–H groups in total. The average Bonchev–Trinajstić information content (AvgIpc) is 2.73. The Kier molecular flexibility index (Phi) is 7.26. The van der Waals surface area contributed by atoms with Crippen LogP contribution in [0.15, 0.2) is 0 Å². The Hall–Kier alpha value is 0.0169. The van der Waals surface area contributed by atoms with Gasteiger partial charge in [-0.15, -0.1) is 0 Å². The predicted octanol–water partition coefficient (Wildman–Crippen LogP) is 3.05. The lowest BCUT2D eigenvalue weighted by atomic mass is 10.1. The Morgan fingerprint density at radius 3 is 1.87 bits per heavy atom. The van der Waals surface area contributed by atoms with Crippen LogP contribution in [0.3, 0.4) is 0 Å². The zero-order valence-electron chi connectivity index (χ0n) is 16.0. The number of hydrogen-bond donors (Lipinski definition) is 2. The summed E-state index contributed by atoms with van der Waals surface area (Å²) < 4.78 is 17.8. The molecular formula is C17H36O5Si. The smallest absolute Gasteiger partial charge is 0.200 e. The molecule has 1 aliphatic rings. The maximum absolute atomic E-state index is 10.6. The van der Waals surface area contributed by atoms with Gasteiger partial charge in [-0.25, -0.2) is 0 Å². The third kappa shape index (κ3) is 4.55. The maximum Gasteiger partial charge on any atom is 0.200 e. The summed E-state index contributed by atoms with van der Waals surface area (Å²) in [4.78, 5) is 0. The van der Waals surface area contributed by atoms with Crippen molar-refractivity contribution in [3.63, 3.8) is 0 Å². The van der Waals surface area contributed by atoms with E-state index >= 15 is 0 Å². The standard InChI is InChI=1S/C17H36O5Si/c1-11(2)23(12(3)4,13(5)6)20-10-14(19)16-15(9-18)21-17(7,8)22-16/h11-16,18-19H,9-10H2,1-8H3/t14-,15?,16-/m1/s1. The molecule has 1 heterocycles. The second-order valence-electron chi connectivity index (χ2n) is 8.02. The molecule has 1 unspecified atom stereocenters. The molecular weight excluding hydrogens is 312 g/mol. The summed E-state index contributed by atoms with van der Waals surface area (Å²) in [5.74, 6) is -0.790. The largest absolute Gasteiger partial charge is 0.413 e. The predicted molar refractivity (Wildman–Crippen MR) is 93.9 cm³/mol. The first-order valence-corrected chi connectivity index (χ1v) is 10.9. The summed E-state index contributed by atoms with van der Waals surface area (Å²) in [6.45, 7) is 16.9. The Balaban J connectivity index is 2.82. The molecule has 0 aromatic heterocycles. The molecule has 3 atom stereocenters.